The molecule has 0 aromatic heterocycles. The highest BCUT2D eigenvalue weighted by Gasteiger charge is 2.45. The normalized spacial score (nSPS) is 25.8. The Morgan fingerprint density at radius 1 is 1.38 bits per heavy atom. The topological polar surface area (TPSA) is 21.3 Å². The van der Waals surface area contributed by atoms with Crippen LogP contribution in [0.3, 0.4) is 0 Å². The maximum atomic E-state index is 6.20. The second-order valence-corrected chi connectivity index (χ2v) is 5.23. The molecule has 16 heavy (non-hydrogen) atoms. The minimum absolute atomic E-state index is 0.149. The first kappa shape index (κ1) is 10.2. The van der Waals surface area contributed by atoms with Gasteiger partial charge in [0.05, 0.1) is 0 Å². The van der Waals surface area contributed by atoms with Crippen LogP contribution in [0.15, 0.2) is 18.2 Å². The summed E-state index contributed by atoms with van der Waals surface area (Å²) in [4.78, 5) is 0. The number of rotatable bonds is 1. The molecule has 1 N–H and O–H groups in total. The quantitative estimate of drug-likeness (QED) is 0.781. The molecule has 1 atom stereocenters. The van der Waals surface area contributed by atoms with Crippen molar-refractivity contribution in [2.45, 2.75) is 44.2 Å². The fourth-order valence-electron chi connectivity index (χ4n) is 2.92. The number of hydrogen-bond donors (Lipinski definition) is 1. The highest BCUT2D eigenvalue weighted by molar-refractivity contribution is 5.42. The van der Waals surface area contributed by atoms with Gasteiger partial charge in [0.1, 0.15) is 11.4 Å². The van der Waals surface area contributed by atoms with Crippen molar-refractivity contribution in [1.82, 2.24) is 5.32 Å². The molecular weight excluding hydrogens is 198 g/mol. The van der Waals surface area contributed by atoms with Crippen molar-refractivity contribution < 1.29 is 4.74 Å². The van der Waals surface area contributed by atoms with Crippen LogP contribution in [0.4, 0.5) is 0 Å². The molecule has 3 rings (SSSR count). The van der Waals surface area contributed by atoms with Gasteiger partial charge in [0.2, 0.25) is 0 Å². The molecule has 1 aromatic carbocycles. The van der Waals surface area contributed by atoms with E-state index in [9.17, 15) is 0 Å². The van der Waals surface area contributed by atoms with Crippen LogP contribution in [0, 0.1) is 6.92 Å². The van der Waals surface area contributed by atoms with Gasteiger partial charge in [-0.2, -0.15) is 0 Å². The Morgan fingerprint density at radius 3 is 2.81 bits per heavy atom. The lowest BCUT2D eigenvalue weighted by Crippen LogP contribution is -2.48. The molecule has 0 saturated heterocycles. The molecule has 1 aromatic rings. The van der Waals surface area contributed by atoms with Gasteiger partial charge in [0, 0.05) is 18.0 Å². The Hall–Kier alpha value is -1.02. The zero-order chi connectivity index (χ0) is 11.2. The zero-order valence-corrected chi connectivity index (χ0v) is 10.0. The smallest absolute Gasteiger partial charge is 0.124 e. The van der Waals surface area contributed by atoms with E-state index in [1.165, 1.54) is 30.4 Å². The van der Waals surface area contributed by atoms with Gasteiger partial charge < -0.3 is 10.1 Å². The standard InChI is InChI=1S/C14H19NO/c1-10-4-5-13-11(8-10)12(15-2)9-14(16-13)6-3-7-14/h4-5,8,12,15H,3,6-7,9H2,1-2H3. The van der Waals surface area contributed by atoms with Crippen LogP contribution < -0.4 is 10.1 Å². The van der Waals surface area contributed by atoms with Crippen LogP contribution in [0.5, 0.6) is 5.75 Å². The Bertz CT molecular complexity index is 409. The number of aryl methyl sites for hydroxylation is 1. The summed E-state index contributed by atoms with van der Waals surface area (Å²) in [6, 6.07) is 6.99. The summed E-state index contributed by atoms with van der Waals surface area (Å²) in [5.41, 5.74) is 2.79. The molecule has 1 unspecified atom stereocenters. The first-order valence-electron chi connectivity index (χ1n) is 6.19. The SMILES string of the molecule is CNC1CC2(CCC2)Oc2ccc(C)cc21. The lowest BCUT2D eigenvalue weighted by atomic mass is 9.73. The van der Waals surface area contributed by atoms with Gasteiger partial charge in [-0.1, -0.05) is 17.7 Å². The zero-order valence-electron chi connectivity index (χ0n) is 10.0. The Labute approximate surface area is 97.0 Å². The highest BCUT2D eigenvalue weighted by atomic mass is 16.5. The molecule has 2 heteroatoms. The fourth-order valence-corrected chi connectivity index (χ4v) is 2.92. The average molecular weight is 217 g/mol. The van der Waals surface area contributed by atoms with E-state index in [1.54, 1.807) is 0 Å². The number of fused-ring (bicyclic) bond motifs is 1. The van der Waals surface area contributed by atoms with E-state index in [4.69, 9.17) is 4.74 Å². The summed E-state index contributed by atoms with van der Waals surface area (Å²) in [6.07, 6.45) is 4.88. The summed E-state index contributed by atoms with van der Waals surface area (Å²) in [7, 11) is 2.05. The predicted octanol–water partition coefficient (Wildman–Crippen LogP) is 2.96. The largest absolute Gasteiger partial charge is 0.487 e. The minimum atomic E-state index is 0.149. The van der Waals surface area contributed by atoms with Gasteiger partial charge in [-0.25, -0.2) is 0 Å². The van der Waals surface area contributed by atoms with Crippen LogP contribution in [0.25, 0.3) is 0 Å². The second kappa shape index (κ2) is 3.49. The van der Waals surface area contributed by atoms with Gasteiger partial charge in [0.25, 0.3) is 0 Å². The van der Waals surface area contributed by atoms with Crippen molar-refractivity contribution in [3.05, 3.63) is 29.3 Å². The van der Waals surface area contributed by atoms with Crippen LogP contribution in [-0.2, 0) is 0 Å². The van der Waals surface area contributed by atoms with Gasteiger partial charge >= 0.3 is 0 Å². The highest BCUT2D eigenvalue weighted by Crippen LogP contribution is 2.48. The summed E-state index contributed by atoms with van der Waals surface area (Å²) in [5, 5.41) is 3.43. The maximum Gasteiger partial charge on any atom is 0.124 e. The number of ether oxygens (including phenoxy) is 1. The van der Waals surface area contributed by atoms with Crippen molar-refractivity contribution in [2.75, 3.05) is 7.05 Å². The average Bonchev–Trinajstić information content (AvgIpc) is 2.25. The summed E-state index contributed by atoms with van der Waals surface area (Å²) in [6.45, 7) is 2.14. The summed E-state index contributed by atoms with van der Waals surface area (Å²) in [5.74, 6) is 1.09. The van der Waals surface area contributed by atoms with Crippen LogP contribution in [0.2, 0.25) is 0 Å². The van der Waals surface area contributed by atoms with E-state index in [-0.39, 0.29) is 5.60 Å². The maximum absolute atomic E-state index is 6.20. The lowest BCUT2D eigenvalue weighted by Gasteiger charge is -2.48. The molecule has 0 bridgehead atoms. The van der Waals surface area contributed by atoms with Gasteiger partial charge in [0.15, 0.2) is 0 Å². The second-order valence-electron chi connectivity index (χ2n) is 5.23. The van der Waals surface area contributed by atoms with Gasteiger partial charge in [-0.15, -0.1) is 0 Å². The van der Waals surface area contributed by atoms with Crippen molar-refractivity contribution in [2.24, 2.45) is 0 Å². The third kappa shape index (κ3) is 1.44. The molecule has 1 saturated carbocycles. The van der Waals surface area contributed by atoms with E-state index in [1.807, 2.05) is 0 Å². The van der Waals surface area contributed by atoms with Crippen molar-refractivity contribution in [3.8, 4) is 5.75 Å². The Kier molecular flexibility index (Phi) is 2.21. The molecule has 2 aliphatic rings. The fraction of sp³-hybridized carbons (Fsp3) is 0.571. The molecule has 1 fully saturated rings. The molecule has 1 aliphatic carbocycles. The number of benzene rings is 1. The Morgan fingerprint density at radius 2 is 2.19 bits per heavy atom. The number of hydrogen-bond acceptors (Lipinski definition) is 2. The minimum Gasteiger partial charge on any atom is -0.487 e. The lowest BCUT2D eigenvalue weighted by molar-refractivity contribution is -0.0361. The number of nitrogens with one attached hydrogen (secondary N) is 1. The van der Waals surface area contributed by atoms with E-state index >= 15 is 0 Å². The monoisotopic (exact) mass is 217 g/mol. The predicted molar refractivity (Wildman–Crippen MR) is 64.8 cm³/mol. The molecule has 1 aliphatic heterocycles. The first-order chi connectivity index (χ1) is 7.72. The third-order valence-corrected chi connectivity index (χ3v) is 4.06. The first-order valence-corrected chi connectivity index (χ1v) is 6.19. The van der Waals surface area contributed by atoms with Crippen molar-refractivity contribution in [3.63, 3.8) is 0 Å². The summed E-state index contributed by atoms with van der Waals surface area (Å²) < 4.78 is 6.20. The summed E-state index contributed by atoms with van der Waals surface area (Å²) >= 11 is 0. The molecule has 2 nitrogen and oxygen atoms in total. The van der Waals surface area contributed by atoms with E-state index in [2.05, 4.69) is 37.5 Å². The van der Waals surface area contributed by atoms with Crippen LogP contribution in [-0.4, -0.2) is 12.6 Å². The molecule has 0 amide bonds. The molecule has 0 radical (unpaired) electrons. The molecule has 1 spiro atoms. The van der Waals surface area contributed by atoms with Crippen molar-refractivity contribution >= 4 is 0 Å². The molecule has 86 valence electrons. The van der Waals surface area contributed by atoms with Crippen molar-refractivity contribution in [1.29, 1.82) is 0 Å². The van der Waals surface area contributed by atoms with Gasteiger partial charge in [-0.3, -0.25) is 0 Å². The van der Waals surface area contributed by atoms with Crippen LogP contribution in [0.1, 0.15) is 42.9 Å². The van der Waals surface area contributed by atoms with E-state index < -0.39 is 0 Å². The Balaban J connectivity index is 2.00. The van der Waals surface area contributed by atoms with Crippen LogP contribution >= 0.6 is 0 Å². The third-order valence-electron chi connectivity index (χ3n) is 4.06. The van der Waals surface area contributed by atoms with E-state index in [0.717, 1.165) is 12.2 Å². The molecular formula is C14H19NO. The van der Waals surface area contributed by atoms with E-state index in [0.29, 0.717) is 6.04 Å². The van der Waals surface area contributed by atoms with Gasteiger partial charge in [-0.05, 0) is 39.3 Å². The molecule has 1 heterocycles.